The zero-order chi connectivity index (χ0) is 14.5. The minimum absolute atomic E-state index is 0.322. The summed E-state index contributed by atoms with van der Waals surface area (Å²) in [6.07, 6.45) is 13.7. The van der Waals surface area contributed by atoms with Crippen LogP contribution in [-0.4, -0.2) is 11.1 Å². The summed E-state index contributed by atoms with van der Waals surface area (Å²) in [4.78, 5) is 10.4. The maximum Gasteiger partial charge on any atom is 0.303 e. The van der Waals surface area contributed by atoms with E-state index in [9.17, 15) is 4.79 Å². The van der Waals surface area contributed by atoms with Crippen LogP contribution in [0.3, 0.4) is 0 Å². The first-order chi connectivity index (χ1) is 9.06. The van der Waals surface area contributed by atoms with Crippen molar-refractivity contribution in [3.05, 3.63) is 6.42 Å². The molecule has 0 fully saturated rings. The molecule has 1 N–H and O–H groups in total. The van der Waals surface area contributed by atoms with Crippen molar-refractivity contribution in [2.75, 3.05) is 0 Å². The average molecular weight is 269 g/mol. The summed E-state index contributed by atoms with van der Waals surface area (Å²) in [5.41, 5.74) is 0. The van der Waals surface area contributed by atoms with Gasteiger partial charge >= 0.3 is 5.97 Å². The largest absolute Gasteiger partial charge is 0.481 e. The molecule has 0 rings (SSSR count). The fourth-order valence-corrected chi connectivity index (χ4v) is 2.48. The van der Waals surface area contributed by atoms with Crippen LogP contribution in [0.15, 0.2) is 0 Å². The molecule has 0 aliphatic rings. The van der Waals surface area contributed by atoms with Crippen LogP contribution in [-0.2, 0) is 4.79 Å². The van der Waals surface area contributed by atoms with Crippen molar-refractivity contribution in [2.24, 2.45) is 11.8 Å². The van der Waals surface area contributed by atoms with Crippen LogP contribution in [0.5, 0.6) is 0 Å². The van der Waals surface area contributed by atoms with Gasteiger partial charge in [0.05, 0.1) is 0 Å². The second kappa shape index (κ2) is 12.5. The van der Waals surface area contributed by atoms with Gasteiger partial charge in [0.2, 0.25) is 0 Å². The van der Waals surface area contributed by atoms with Crippen LogP contribution in [0.4, 0.5) is 0 Å². The molecule has 2 nitrogen and oxygen atoms in total. The number of aliphatic carboxylic acids is 1. The molecule has 0 heterocycles. The van der Waals surface area contributed by atoms with E-state index in [-0.39, 0.29) is 0 Å². The number of hydrogen-bond acceptors (Lipinski definition) is 1. The van der Waals surface area contributed by atoms with Crippen LogP contribution in [0.25, 0.3) is 0 Å². The van der Waals surface area contributed by atoms with E-state index in [0.29, 0.717) is 12.3 Å². The molecule has 0 aromatic heterocycles. The van der Waals surface area contributed by atoms with Gasteiger partial charge in [0.1, 0.15) is 0 Å². The topological polar surface area (TPSA) is 37.3 Å². The molecule has 0 aliphatic carbocycles. The molecule has 19 heavy (non-hydrogen) atoms. The maximum absolute atomic E-state index is 10.4. The predicted molar refractivity (Wildman–Crippen MR) is 82.1 cm³/mol. The van der Waals surface area contributed by atoms with E-state index in [1.54, 1.807) is 0 Å². The summed E-state index contributed by atoms with van der Waals surface area (Å²) in [6, 6.07) is 0. The zero-order valence-corrected chi connectivity index (χ0v) is 13.2. The Morgan fingerprint density at radius 3 is 2.32 bits per heavy atom. The van der Waals surface area contributed by atoms with Gasteiger partial charge in [0, 0.05) is 6.42 Å². The lowest BCUT2D eigenvalue weighted by Crippen LogP contribution is -2.01. The number of carbonyl (C=O) groups is 1. The standard InChI is InChI=1S/C17H33O2/c1-4-10-15(2)11-8-6-5-7-9-12-16(3)13-14-17(18)19/h6,15-16H,4-5,7-14H2,1-3H3,(H,18,19). The monoisotopic (exact) mass is 269 g/mol. The molecule has 0 spiro atoms. The third-order valence-corrected chi connectivity index (χ3v) is 3.85. The molecule has 113 valence electrons. The van der Waals surface area contributed by atoms with Gasteiger partial charge in [-0.3, -0.25) is 4.79 Å². The van der Waals surface area contributed by atoms with Crippen molar-refractivity contribution < 1.29 is 9.90 Å². The summed E-state index contributed by atoms with van der Waals surface area (Å²) >= 11 is 0. The van der Waals surface area contributed by atoms with Crippen LogP contribution in [0.1, 0.15) is 85.0 Å². The Morgan fingerprint density at radius 2 is 1.68 bits per heavy atom. The summed E-state index contributed by atoms with van der Waals surface area (Å²) in [5.74, 6) is 0.763. The average Bonchev–Trinajstić information content (AvgIpc) is 2.35. The highest BCUT2D eigenvalue weighted by Crippen LogP contribution is 2.17. The molecule has 0 bridgehead atoms. The van der Waals surface area contributed by atoms with E-state index >= 15 is 0 Å². The van der Waals surface area contributed by atoms with E-state index in [1.165, 1.54) is 51.4 Å². The number of unbranched alkanes of at least 4 members (excludes halogenated alkanes) is 4. The van der Waals surface area contributed by atoms with Gasteiger partial charge in [-0.15, -0.1) is 0 Å². The van der Waals surface area contributed by atoms with Crippen molar-refractivity contribution >= 4 is 5.97 Å². The van der Waals surface area contributed by atoms with Crippen molar-refractivity contribution in [1.82, 2.24) is 0 Å². The van der Waals surface area contributed by atoms with Gasteiger partial charge in [-0.1, -0.05) is 65.7 Å². The van der Waals surface area contributed by atoms with Crippen molar-refractivity contribution in [3.63, 3.8) is 0 Å². The first-order valence-corrected chi connectivity index (χ1v) is 8.09. The van der Waals surface area contributed by atoms with Crippen LogP contribution in [0, 0.1) is 18.3 Å². The highest BCUT2D eigenvalue weighted by Gasteiger charge is 2.05. The second-order valence-corrected chi connectivity index (χ2v) is 6.08. The molecular weight excluding hydrogens is 236 g/mol. The lowest BCUT2D eigenvalue weighted by atomic mass is 9.96. The Bertz CT molecular complexity index is 213. The van der Waals surface area contributed by atoms with Gasteiger partial charge in [0.15, 0.2) is 0 Å². The summed E-state index contributed by atoms with van der Waals surface area (Å²) in [5, 5.41) is 8.61. The van der Waals surface area contributed by atoms with Gasteiger partial charge < -0.3 is 5.11 Å². The molecule has 0 saturated carbocycles. The predicted octanol–water partition coefficient (Wildman–Crippen LogP) is 5.47. The molecule has 2 unspecified atom stereocenters. The summed E-state index contributed by atoms with van der Waals surface area (Å²) < 4.78 is 0. The lowest BCUT2D eigenvalue weighted by Gasteiger charge is -2.10. The van der Waals surface area contributed by atoms with Crippen LogP contribution in [0.2, 0.25) is 0 Å². The van der Waals surface area contributed by atoms with Crippen molar-refractivity contribution in [1.29, 1.82) is 0 Å². The highest BCUT2D eigenvalue weighted by atomic mass is 16.4. The molecule has 2 atom stereocenters. The number of hydrogen-bond donors (Lipinski definition) is 1. The SMILES string of the molecule is CCCC(C)CC[CH]CCCCC(C)CCC(=O)O. The number of carboxylic acid groups (broad SMARTS) is 1. The van der Waals surface area contributed by atoms with E-state index in [4.69, 9.17) is 5.11 Å². The Kier molecular flexibility index (Phi) is 12.2. The molecule has 1 radical (unpaired) electrons. The van der Waals surface area contributed by atoms with E-state index < -0.39 is 5.97 Å². The van der Waals surface area contributed by atoms with Crippen molar-refractivity contribution in [2.45, 2.75) is 85.0 Å². The van der Waals surface area contributed by atoms with Crippen LogP contribution < -0.4 is 0 Å². The quantitative estimate of drug-likeness (QED) is 0.450. The van der Waals surface area contributed by atoms with Gasteiger partial charge in [-0.05, 0) is 31.1 Å². The number of rotatable bonds is 13. The molecular formula is C17H33O2. The first kappa shape index (κ1) is 18.5. The third kappa shape index (κ3) is 13.7. The van der Waals surface area contributed by atoms with Crippen LogP contribution >= 0.6 is 0 Å². The van der Waals surface area contributed by atoms with Gasteiger partial charge in [0.25, 0.3) is 0 Å². The van der Waals surface area contributed by atoms with E-state index in [1.807, 2.05) is 0 Å². The zero-order valence-electron chi connectivity index (χ0n) is 13.2. The minimum atomic E-state index is -0.665. The fraction of sp³-hybridized carbons (Fsp3) is 0.882. The lowest BCUT2D eigenvalue weighted by molar-refractivity contribution is -0.137. The second-order valence-electron chi connectivity index (χ2n) is 6.08. The first-order valence-electron chi connectivity index (χ1n) is 8.09. The smallest absolute Gasteiger partial charge is 0.303 e. The Hall–Kier alpha value is -0.530. The van der Waals surface area contributed by atoms with E-state index in [0.717, 1.165) is 12.3 Å². The van der Waals surface area contributed by atoms with Gasteiger partial charge in [-0.25, -0.2) is 0 Å². The number of carboxylic acids is 1. The molecule has 0 aromatic rings. The Morgan fingerprint density at radius 1 is 1.00 bits per heavy atom. The summed E-state index contributed by atoms with van der Waals surface area (Å²) in [7, 11) is 0. The maximum atomic E-state index is 10.4. The minimum Gasteiger partial charge on any atom is -0.481 e. The van der Waals surface area contributed by atoms with Gasteiger partial charge in [-0.2, -0.15) is 0 Å². The highest BCUT2D eigenvalue weighted by molar-refractivity contribution is 5.66. The molecule has 0 saturated heterocycles. The van der Waals surface area contributed by atoms with Crippen molar-refractivity contribution in [3.8, 4) is 0 Å². The Balaban J connectivity index is 3.24. The molecule has 0 amide bonds. The molecule has 2 heteroatoms. The summed E-state index contributed by atoms with van der Waals surface area (Å²) in [6.45, 7) is 6.77. The molecule has 0 aliphatic heterocycles. The third-order valence-electron chi connectivity index (χ3n) is 3.85. The Labute approximate surface area is 120 Å². The molecule has 0 aromatic carbocycles. The van der Waals surface area contributed by atoms with E-state index in [2.05, 4.69) is 27.2 Å². The normalized spacial score (nSPS) is 14.3. The fourth-order valence-electron chi connectivity index (χ4n) is 2.48.